The molecule has 2 heterocycles. The van der Waals surface area contributed by atoms with Crippen LogP contribution in [0.5, 0.6) is 0 Å². The highest BCUT2D eigenvalue weighted by atomic mass is 16.6. The summed E-state index contributed by atoms with van der Waals surface area (Å²) in [5, 5.41) is 31.5. The minimum Gasteiger partial charge on any atom is -0.390 e. The molecule has 0 bridgehead atoms. The minimum absolute atomic E-state index is 0.00295. The molecule has 0 aliphatic heterocycles. The molecule has 0 amide bonds. The Balaban J connectivity index is 1.89. The quantitative estimate of drug-likeness (QED) is 0.565. The molecule has 0 aromatic carbocycles. The molecule has 2 rings (SSSR count). The molecule has 0 spiro atoms. The fraction of sp³-hybridized carbons (Fsp3) is 0.500. The Morgan fingerprint density at radius 2 is 2.33 bits per heavy atom. The number of aliphatic hydroxyl groups excluding tert-OH is 1. The van der Waals surface area contributed by atoms with E-state index in [0.717, 1.165) is 0 Å². The summed E-state index contributed by atoms with van der Waals surface area (Å²) >= 11 is 0. The van der Waals surface area contributed by atoms with Gasteiger partial charge in [-0.3, -0.25) is 14.8 Å². The summed E-state index contributed by atoms with van der Waals surface area (Å²) in [6.45, 7) is 4.15. The Labute approximate surface area is 120 Å². The molecule has 2 aromatic rings. The molecule has 0 aliphatic carbocycles. The molecule has 114 valence electrons. The van der Waals surface area contributed by atoms with Crippen molar-refractivity contribution in [2.24, 2.45) is 0 Å². The first-order valence-corrected chi connectivity index (χ1v) is 6.45. The van der Waals surface area contributed by atoms with Gasteiger partial charge in [-0.1, -0.05) is 5.16 Å². The Hall–Kier alpha value is -2.26. The average molecular weight is 295 g/mol. The van der Waals surface area contributed by atoms with Crippen molar-refractivity contribution in [2.75, 3.05) is 6.54 Å². The zero-order valence-corrected chi connectivity index (χ0v) is 11.8. The van der Waals surface area contributed by atoms with Gasteiger partial charge >= 0.3 is 5.69 Å². The number of aromatic nitrogens is 3. The van der Waals surface area contributed by atoms with Crippen LogP contribution in [0.1, 0.15) is 17.1 Å². The highest BCUT2D eigenvalue weighted by molar-refractivity contribution is 5.39. The van der Waals surface area contributed by atoms with Crippen molar-refractivity contribution in [1.29, 1.82) is 0 Å². The molecular weight excluding hydrogens is 278 g/mol. The van der Waals surface area contributed by atoms with Crippen LogP contribution >= 0.6 is 0 Å². The van der Waals surface area contributed by atoms with Gasteiger partial charge in [-0.15, -0.1) is 0 Å². The molecule has 0 saturated carbocycles. The number of nitro groups is 1. The minimum atomic E-state index is -0.717. The van der Waals surface area contributed by atoms with Crippen molar-refractivity contribution in [3.05, 3.63) is 39.5 Å². The van der Waals surface area contributed by atoms with E-state index in [1.165, 1.54) is 4.68 Å². The van der Waals surface area contributed by atoms with Gasteiger partial charge in [0.05, 0.1) is 30.3 Å². The van der Waals surface area contributed by atoms with Gasteiger partial charge in [0, 0.05) is 12.6 Å². The number of hydrogen-bond acceptors (Lipinski definition) is 7. The summed E-state index contributed by atoms with van der Waals surface area (Å²) in [7, 11) is 0. The molecule has 0 fully saturated rings. The number of hydrogen-bond donors (Lipinski definition) is 2. The number of nitrogens with zero attached hydrogens (tertiary/aromatic N) is 4. The lowest BCUT2D eigenvalue weighted by Gasteiger charge is -2.12. The lowest BCUT2D eigenvalue weighted by Crippen LogP contribution is -2.30. The number of aliphatic hydroxyl groups is 1. The smallest absolute Gasteiger partial charge is 0.312 e. The van der Waals surface area contributed by atoms with E-state index >= 15 is 0 Å². The molecule has 2 aromatic heterocycles. The van der Waals surface area contributed by atoms with Crippen molar-refractivity contribution >= 4 is 5.69 Å². The lowest BCUT2D eigenvalue weighted by atomic mass is 10.3. The first kappa shape index (κ1) is 15.1. The van der Waals surface area contributed by atoms with Gasteiger partial charge in [0.25, 0.3) is 0 Å². The normalized spacial score (nSPS) is 12.5. The van der Waals surface area contributed by atoms with Crippen LogP contribution in [0, 0.1) is 24.0 Å². The van der Waals surface area contributed by atoms with Crippen LogP contribution in [0.2, 0.25) is 0 Å². The molecule has 0 saturated heterocycles. The van der Waals surface area contributed by atoms with Crippen LogP contribution in [-0.2, 0) is 13.1 Å². The summed E-state index contributed by atoms with van der Waals surface area (Å²) in [6, 6.07) is 1.73. The van der Waals surface area contributed by atoms with Gasteiger partial charge in [-0.25, -0.2) is 0 Å². The predicted molar refractivity (Wildman–Crippen MR) is 72.6 cm³/mol. The zero-order valence-electron chi connectivity index (χ0n) is 11.8. The van der Waals surface area contributed by atoms with E-state index < -0.39 is 11.0 Å². The topological polar surface area (TPSA) is 119 Å². The molecule has 9 nitrogen and oxygen atoms in total. The van der Waals surface area contributed by atoms with Crippen LogP contribution in [0.15, 0.2) is 16.8 Å². The van der Waals surface area contributed by atoms with E-state index in [0.29, 0.717) is 30.2 Å². The number of aryl methyl sites for hydroxylation is 1. The van der Waals surface area contributed by atoms with Crippen LogP contribution in [0.3, 0.4) is 0 Å². The molecule has 2 N–H and O–H groups in total. The summed E-state index contributed by atoms with van der Waals surface area (Å²) in [5.74, 6) is 0.670. The maximum Gasteiger partial charge on any atom is 0.312 e. The molecular formula is C12H17N5O4. The largest absolute Gasteiger partial charge is 0.390 e. The van der Waals surface area contributed by atoms with E-state index in [1.54, 1.807) is 26.1 Å². The third kappa shape index (κ3) is 3.64. The third-order valence-corrected chi connectivity index (χ3v) is 3.08. The maximum absolute atomic E-state index is 10.9. The van der Waals surface area contributed by atoms with Gasteiger partial charge in [0.15, 0.2) is 0 Å². The average Bonchev–Trinajstić information content (AvgIpc) is 2.99. The second kappa shape index (κ2) is 6.46. The monoisotopic (exact) mass is 295 g/mol. The number of nitrogens with one attached hydrogen (secondary N) is 1. The SMILES string of the molecule is Cc1nn(CC(O)CNCc2ccno2)c(C)c1[N+](=O)[O-]. The lowest BCUT2D eigenvalue weighted by molar-refractivity contribution is -0.386. The molecule has 21 heavy (non-hydrogen) atoms. The van der Waals surface area contributed by atoms with E-state index in [2.05, 4.69) is 15.6 Å². The second-order valence-electron chi connectivity index (χ2n) is 4.72. The standard InChI is InChI=1S/C12H17N5O4/c1-8-12(17(19)20)9(2)16(15-8)7-10(18)5-13-6-11-3-4-14-21-11/h3-4,10,13,18H,5-7H2,1-2H3. The van der Waals surface area contributed by atoms with Crippen molar-refractivity contribution in [3.63, 3.8) is 0 Å². The van der Waals surface area contributed by atoms with Crippen LogP contribution < -0.4 is 5.32 Å². The van der Waals surface area contributed by atoms with Gasteiger partial charge < -0.3 is 14.9 Å². The second-order valence-corrected chi connectivity index (χ2v) is 4.72. The Kier molecular flexibility index (Phi) is 4.66. The molecule has 0 radical (unpaired) electrons. The van der Waals surface area contributed by atoms with Crippen molar-refractivity contribution in [3.8, 4) is 0 Å². The van der Waals surface area contributed by atoms with Crippen molar-refractivity contribution in [2.45, 2.75) is 33.0 Å². The van der Waals surface area contributed by atoms with E-state index in [9.17, 15) is 15.2 Å². The predicted octanol–water partition coefficient (Wildman–Crippen LogP) is 0.547. The van der Waals surface area contributed by atoms with E-state index in [-0.39, 0.29) is 12.2 Å². The van der Waals surface area contributed by atoms with Crippen molar-refractivity contribution < 1.29 is 14.6 Å². The van der Waals surface area contributed by atoms with Crippen LogP contribution in [0.4, 0.5) is 5.69 Å². The van der Waals surface area contributed by atoms with Crippen molar-refractivity contribution in [1.82, 2.24) is 20.3 Å². The molecule has 1 atom stereocenters. The fourth-order valence-electron chi connectivity index (χ4n) is 2.09. The molecule has 9 heteroatoms. The highest BCUT2D eigenvalue weighted by Crippen LogP contribution is 2.21. The summed E-state index contributed by atoms with van der Waals surface area (Å²) in [5.41, 5.74) is 0.780. The summed E-state index contributed by atoms with van der Waals surface area (Å²) < 4.78 is 6.36. The van der Waals surface area contributed by atoms with Gasteiger partial charge in [0.2, 0.25) is 0 Å². The van der Waals surface area contributed by atoms with Crippen LogP contribution in [0.25, 0.3) is 0 Å². The van der Waals surface area contributed by atoms with Crippen LogP contribution in [-0.4, -0.2) is 37.6 Å². The zero-order chi connectivity index (χ0) is 15.4. The first-order chi connectivity index (χ1) is 9.99. The Bertz CT molecular complexity index is 607. The van der Waals surface area contributed by atoms with E-state index in [1.807, 2.05) is 0 Å². The highest BCUT2D eigenvalue weighted by Gasteiger charge is 2.22. The Morgan fingerprint density at radius 1 is 1.57 bits per heavy atom. The summed E-state index contributed by atoms with van der Waals surface area (Å²) in [4.78, 5) is 10.5. The fourth-order valence-corrected chi connectivity index (χ4v) is 2.09. The van der Waals surface area contributed by atoms with Gasteiger partial charge in [-0.2, -0.15) is 5.10 Å². The maximum atomic E-state index is 10.9. The third-order valence-electron chi connectivity index (χ3n) is 3.08. The number of rotatable bonds is 7. The first-order valence-electron chi connectivity index (χ1n) is 6.45. The molecule has 1 unspecified atom stereocenters. The van der Waals surface area contributed by atoms with Gasteiger partial charge in [0.1, 0.15) is 17.1 Å². The Morgan fingerprint density at radius 3 is 2.90 bits per heavy atom. The summed E-state index contributed by atoms with van der Waals surface area (Å²) in [6.07, 6.45) is 0.827. The van der Waals surface area contributed by atoms with E-state index in [4.69, 9.17) is 4.52 Å². The molecule has 0 aliphatic rings. The van der Waals surface area contributed by atoms with Gasteiger partial charge in [-0.05, 0) is 13.8 Å².